The number of aromatic nitrogens is 2. The Morgan fingerprint density at radius 2 is 1.71 bits per heavy atom. The van der Waals surface area contributed by atoms with Gasteiger partial charge in [-0.15, -0.1) is 0 Å². The van der Waals surface area contributed by atoms with E-state index in [1.54, 1.807) is 19.2 Å². The average Bonchev–Trinajstić information content (AvgIpc) is 3.33. The summed E-state index contributed by atoms with van der Waals surface area (Å²) in [6, 6.07) is 19.6. The minimum atomic E-state index is -0.224. The van der Waals surface area contributed by atoms with E-state index in [0.717, 1.165) is 28.3 Å². The van der Waals surface area contributed by atoms with Crippen LogP contribution in [0.25, 0.3) is 5.69 Å². The van der Waals surface area contributed by atoms with Crippen LogP contribution in [0.2, 0.25) is 0 Å². The summed E-state index contributed by atoms with van der Waals surface area (Å²) in [4.78, 5) is 6.77. The maximum Gasteiger partial charge on any atom is 0.174 e. The summed E-state index contributed by atoms with van der Waals surface area (Å²) < 4.78 is 16.5. The van der Waals surface area contributed by atoms with Gasteiger partial charge in [0.2, 0.25) is 0 Å². The lowest BCUT2D eigenvalue weighted by Crippen LogP contribution is -2.29. The molecule has 0 spiro atoms. The molecule has 5 rings (SSSR count). The van der Waals surface area contributed by atoms with Gasteiger partial charge < -0.3 is 14.8 Å². The molecule has 1 aliphatic rings. The first-order valence-corrected chi connectivity index (χ1v) is 12.2. The van der Waals surface area contributed by atoms with Crippen LogP contribution >= 0.6 is 12.2 Å². The Labute approximate surface area is 211 Å². The van der Waals surface area contributed by atoms with Crippen molar-refractivity contribution in [1.82, 2.24) is 14.9 Å². The fourth-order valence-electron chi connectivity index (χ4n) is 5.15. The molecule has 1 saturated heterocycles. The number of pyridine rings is 1. The van der Waals surface area contributed by atoms with E-state index in [1.807, 2.05) is 24.3 Å². The van der Waals surface area contributed by atoms with Gasteiger partial charge in [-0.3, -0.25) is 4.98 Å². The van der Waals surface area contributed by atoms with E-state index in [2.05, 4.69) is 71.7 Å². The third kappa shape index (κ3) is 4.02. The molecule has 0 amide bonds. The van der Waals surface area contributed by atoms with Gasteiger partial charge >= 0.3 is 0 Å². The van der Waals surface area contributed by atoms with Crippen molar-refractivity contribution in [3.8, 4) is 5.69 Å². The SMILES string of the molecule is Cc1ccc(C)c(-n2c(C)cc([C@H]3[C@@H](c4ccccn4)NC(=S)N3c3ccc(F)c(C)c3)c2C)c1. The fraction of sp³-hybridized carbons (Fsp3) is 0.241. The lowest BCUT2D eigenvalue weighted by atomic mass is 9.96. The normalized spacial score (nSPS) is 17.7. The number of halogens is 1. The van der Waals surface area contributed by atoms with Gasteiger partial charge in [-0.1, -0.05) is 18.2 Å². The molecule has 0 aliphatic carbocycles. The number of nitrogens with zero attached hydrogens (tertiary/aromatic N) is 3. The standard InChI is InChI=1S/C29H29FN4S/c1-17-9-10-18(2)26(14-17)33-20(4)16-23(21(33)5)28-27(25-8-6-7-13-31-25)32-29(35)34(28)22-11-12-24(30)19(3)15-22/h6-16,27-28H,1-5H3,(H,32,35)/t27-,28+/m1/s1. The molecule has 1 N–H and O–H groups in total. The molecule has 0 saturated carbocycles. The highest BCUT2D eigenvalue weighted by atomic mass is 32.1. The molecular formula is C29H29FN4S. The van der Waals surface area contributed by atoms with Gasteiger partial charge in [0.15, 0.2) is 5.11 Å². The summed E-state index contributed by atoms with van der Waals surface area (Å²) in [5.74, 6) is -0.224. The molecule has 2 aromatic heterocycles. The number of hydrogen-bond donors (Lipinski definition) is 1. The van der Waals surface area contributed by atoms with E-state index in [0.29, 0.717) is 10.7 Å². The Morgan fingerprint density at radius 1 is 0.914 bits per heavy atom. The van der Waals surface area contributed by atoms with Crippen LogP contribution in [0.4, 0.5) is 10.1 Å². The van der Waals surface area contributed by atoms with Crippen molar-refractivity contribution in [3.63, 3.8) is 0 Å². The average molecular weight is 485 g/mol. The molecule has 178 valence electrons. The molecule has 6 heteroatoms. The van der Waals surface area contributed by atoms with Gasteiger partial charge in [-0.05, 0) is 112 Å². The van der Waals surface area contributed by atoms with Crippen LogP contribution in [-0.4, -0.2) is 14.7 Å². The van der Waals surface area contributed by atoms with Crippen molar-refractivity contribution in [2.45, 2.75) is 46.7 Å². The summed E-state index contributed by atoms with van der Waals surface area (Å²) >= 11 is 5.85. The second kappa shape index (κ2) is 8.93. The first kappa shape index (κ1) is 23.2. The minimum Gasteiger partial charge on any atom is -0.351 e. The van der Waals surface area contributed by atoms with Gasteiger partial charge in [-0.25, -0.2) is 4.39 Å². The Balaban J connectivity index is 1.71. The number of thiocarbonyl (C=S) groups is 1. The second-order valence-electron chi connectivity index (χ2n) is 9.38. The topological polar surface area (TPSA) is 33.1 Å². The fourth-order valence-corrected chi connectivity index (χ4v) is 5.49. The van der Waals surface area contributed by atoms with Crippen molar-refractivity contribution in [2.75, 3.05) is 4.90 Å². The Bertz CT molecular complexity index is 1430. The zero-order chi connectivity index (χ0) is 24.9. The van der Waals surface area contributed by atoms with Crippen LogP contribution in [-0.2, 0) is 0 Å². The maximum absolute atomic E-state index is 14.1. The summed E-state index contributed by atoms with van der Waals surface area (Å²) in [5, 5.41) is 4.11. The van der Waals surface area contributed by atoms with Crippen LogP contribution in [0.3, 0.4) is 0 Å². The molecule has 4 aromatic rings. The zero-order valence-corrected chi connectivity index (χ0v) is 21.4. The number of anilines is 1. The van der Waals surface area contributed by atoms with E-state index in [1.165, 1.54) is 22.9 Å². The van der Waals surface area contributed by atoms with Gasteiger partial charge in [-0.2, -0.15) is 0 Å². The van der Waals surface area contributed by atoms with E-state index in [-0.39, 0.29) is 17.9 Å². The van der Waals surface area contributed by atoms with Gasteiger partial charge in [0.05, 0.1) is 17.8 Å². The Kier molecular flexibility index (Phi) is 5.93. The summed E-state index contributed by atoms with van der Waals surface area (Å²) in [5.41, 5.74) is 9.45. The van der Waals surface area contributed by atoms with E-state index < -0.39 is 0 Å². The predicted octanol–water partition coefficient (Wildman–Crippen LogP) is 6.73. The van der Waals surface area contributed by atoms with Gasteiger partial charge in [0.1, 0.15) is 5.82 Å². The second-order valence-corrected chi connectivity index (χ2v) is 9.77. The molecule has 0 bridgehead atoms. The zero-order valence-electron chi connectivity index (χ0n) is 20.6. The van der Waals surface area contributed by atoms with E-state index in [4.69, 9.17) is 12.2 Å². The molecule has 35 heavy (non-hydrogen) atoms. The highest BCUT2D eigenvalue weighted by Gasteiger charge is 2.42. The van der Waals surface area contributed by atoms with Crippen molar-refractivity contribution in [3.05, 3.63) is 112 Å². The van der Waals surface area contributed by atoms with Crippen LogP contribution in [0.1, 0.15) is 51.4 Å². The molecular weight excluding hydrogens is 455 g/mol. The quantitative estimate of drug-likeness (QED) is 0.326. The largest absolute Gasteiger partial charge is 0.351 e. The summed E-state index contributed by atoms with van der Waals surface area (Å²) in [6.07, 6.45) is 1.81. The number of hydrogen-bond acceptors (Lipinski definition) is 2. The van der Waals surface area contributed by atoms with Crippen LogP contribution in [0.5, 0.6) is 0 Å². The number of rotatable bonds is 4. The van der Waals surface area contributed by atoms with Crippen LogP contribution in [0, 0.1) is 40.4 Å². The van der Waals surface area contributed by atoms with Crippen molar-refractivity contribution in [2.24, 2.45) is 0 Å². The van der Waals surface area contributed by atoms with Crippen LogP contribution < -0.4 is 10.2 Å². The van der Waals surface area contributed by atoms with Crippen LogP contribution in [0.15, 0.2) is 66.9 Å². The predicted molar refractivity (Wildman–Crippen MR) is 144 cm³/mol. The van der Waals surface area contributed by atoms with Crippen molar-refractivity contribution in [1.29, 1.82) is 0 Å². The molecule has 3 heterocycles. The molecule has 2 aromatic carbocycles. The first-order valence-electron chi connectivity index (χ1n) is 11.8. The number of aryl methyl sites for hydroxylation is 4. The maximum atomic E-state index is 14.1. The lowest BCUT2D eigenvalue weighted by molar-refractivity contribution is 0.564. The summed E-state index contributed by atoms with van der Waals surface area (Å²) in [6.45, 7) is 10.3. The van der Waals surface area contributed by atoms with Gasteiger partial charge in [0, 0.05) is 29.0 Å². The van der Waals surface area contributed by atoms with Crippen molar-refractivity contribution < 1.29 is 4.39 Å². The molecule has 0 unspecified atom stereocenters. The molecule has 0 radical (unpaired) electrons. The molecule has 4 nitrogen and oxygen atoms in total. The summed E-state index contributed by atoms with van der Waals surface area (Å²) in [7, 11) is 0. The van der Waals surface area contributed by atoms with E-state index in [9.17, 15) is 4.39 Å². The smallest absolute Gasteiger partial charge is 0.174 e. The monoisotopic (exact) mass is 484 g/mol. The van der Waals surface area contributed by atoms with E-state index >= 15 is 0 Å². The third-order valence-electron chi connectivity index (χ3n) is 6.91. The number of benzene rings is 2. The molecule has 2 atom stereocenters. The first-order chi connectivity index (χ1) is 16.8. The molecule has 1 fully saturated rings. The highest BCUT2D eigenvalue weighted by Crippen LogP contribution is 2.44. The highest BCUT2D eigenvalue weighted by molar-refractivity contribution is 7.80. The molecule has 1 aliphatic heterocycles. The lowest BCUT2D eigenvalue weighted by Gasteiger charge is -2.28. The van der Waals surface area contributed by atoms with Crippen molar-refractivity contribution >= 4 is 23.0 Å². The third-order valence-corrected chi connectivity index (χ3v) is 7.23. The van der Waals surface area contributed by atoms with Gasteiger partial charge in [0.25, 0.3) is 0 Å². The Hall–Kier alpha value is -3.51. The Morgan fingerprint density at radius 3 is 2.43 bits per heavy atom. The minimum absolute atomic E-state index is 0.146. The number of nitrogens with one attached hydrogen (secondary N) is 1.